The van der Waals surface area contributed by atoms with E-state index in [1.54, 1.807) is 37.0 Å². The molecule has 0 atom stereocenters. The van der Waals surface area contributed by atoms with Crippen molar-refractivity contribution in [2.45, 2.75) is 48.5 Å². The SMILES string of the molecule is CC.CC(=N)N1C(=N)CN=C(c2ccc(Cl)cc2)c2c1sc(C)c2C.CC(C)=N. The summed E-state index contributed by atoms with van der Waals surface area (Å²) in [6.45, 7) is 13.6. The number of benzene rings is 1. The zero-order valence-electron chi connectivity index (χ0n) is 18.2. The molecule has 0 unspecified atom stereocenters. The van der Waals surface area contributed by atoms with Crippen molar-refractivity contribution in [1.82, 2.24) is 0 Å². The molecule has 1 aromatic carbocycles. The van der Waals surface area contributed by atoms with Crippen LogP contribution in [0.4, 0.5) is 5.00 Å². The Morgan fingerprint density at radius 3 is 2.07 bits per heavy atom. The van der Waals surface area contributed by atoms with E-state index in [-0.39, 0.29) is 6.54 Å². The van der Waals surface area contributed by atoms with Gasteiger partial charge in [0.05, 0.1) is 12.3 Å². The third-order valence-corrected chi connectivity index (χ3v) is 5.36. The number of rotatable bonds is 1. The van der Waals surface area contributed by atoms with Crippen LogP contribution in [0.1, 0.15) is 56.2 Å². The Kier molecular flexibility index (Phi) is 9.40. The summed E-state index contributed by atoms with van der Waals surface area (Å²) in [4.78, 5) is 7.53. The van der Waals surface area contributed by atoms with Gasteiger partial charge in [0.15, 0.2) is 0 Å². The van der Waals surface area contributed by atoms with Gasteiger partial charge in [-0.1, -0.05) is 37.6 Å². The number of nitrogens with zero attached hydrogens (tertiary/aromatic N) is 2. The van der Waals surface area contributed by atoms with Crippen LogP contribution in [-0.4, -0.2) is 29.6 Å². The van der Waals surface area contributed by atoms with Crippen molar-refractivity contribution in [2.24, 2.45) is 4.99 Å². The van der Waals surface area contributed by atoms with Crippen LogP contribution in [0.2, 0.25) is 5.02 Å². The van der Waals surface area contributed by atoms with E-state index >= 15 is 0 Å². The van der Waals surface area contributed by atoms with Gasteiger partial charge in [0.25, 0.3) is 0 Å². The summed E-state index contributed by atoms with van der Waals surface area (Å²) >= 11 is 7.61. The van der Waals surface area contributed by atoms with Crippen molar-refractivity contribution in [2.75, 3.05) is 11.4 Å². The topological polar surface area (TPSA) is 87.2 Å². The van der Waals surface area contributed by atoms with Crippen LogP contribution in [0.25, 0.3) is 0 Å². The van der Waals surface area contributed by atoms with Gasteiger partial charge in [-0.15, -0.1) is 11.3 Å². The normalized spacial score (nSPS) is 12.5. The first kappa shape index (κ1) is 24.7. The van der Waals surface area contributed by atoms with E-state index in [4.69, 9.17) is 27.8 Å². The molecule has 0 bridgehead atoms. The minimum Gasteiger partial charge on any atom is -0.310 e. The summed E-state index contributed by atoms with van der Waals surface area (Å²) in [5.41, 5.74) is 4.68. The molecule has 2 aromatic rings. The van der Waals surface area contributed by atoms with Crippen molar-refractivity contribution in [3.8, 4) is 0 Å². The Balaban J connectivity index is 0.000000627. The zero-order chi connectivity index (χ0) is 22.3. The van der Waals surface area contributed by atoms with Gasteiger partial charge in [0, 0.05) is 26.7 Å². The highest BCUT2D eigenvalue weighted by atomic mass is 35.5. The Morgan fingerprint density at radius 1 is 1.07 bits per heavy atom. The second-order valence-electron chi connectivity index (χ2n) is 6.50. The fourth-order valence-electron chi connectivity index (χ4n) is 2.67. The lowest BCUT2D eigenvalue weighted by atomic mass is 10.00. The molecule has 0 saturated heterocycles. The minimum atomic E-state index is 0.258. The second kappa shape index (κ2) is 11.0. The maximum atomic E-state index is 8.28. The minimum absolute atomic E-state index is 0.258. The highest BCUT2D eigenvalue weighted by Crippen LogP contribution is 2.38. The average Bonchev–Trinajstić information content (AvgIpc) is 2.84. The lowest BCUT2D eigenvalue weighted by molar-refractivity contribution is 1.20. The molecule has 0 amide bonds. The molecule has 29 heavy (non-hydrogen) atoms. The number of thiophene rings is 1. The van der Waals surface area contributed by atoms with Crippen molar-refractivity contribution in [1.29, 1.82) is 16.2 Å². The van der Waals surface area contributed by atoms with E-state index in [9.17, 15) is 0 Å². The molecule has 0 aliphatic carbocycles. The maximum absolute atomic E-state index is 8.28. The third kappa shape index (κ3) is 6.08. The Labute approximate surface area is 183 Å². The molecule has 3 rings (SSSR count). The number of fused-ring (bicyclic) bond motifs is 1. The van der Waals surface area contributed by atoms with E-state index < -0.39 is 0 Å². The van der Waals surface area contributed by atoms with Crippen LogP contribution in [-0.2, 0) is 0 Å². The molecule has 1 aliphatic heterocycles. The number of aryl methyl sites for hydroxylation is 1. The van der Waals surface area contributed by atoms with Gasteiger partial charge in [0.1, 0.15) is 16.7 Å². The second-order valence-corrected chi connectivity index (χ2v) is 8.14. The van der Waals surface area contributed by atoms with Crippen LogP contribution >= 0.6 is 22.9 Å². The Hall–Kier alpha value is -2.31. The predicted molar refractivity (Wildman–Crippen MR) is 130 cm³/mol. The first-order chi connectivity index (χ1) is 13.6. The maximum Gasteiger partial charge on any atom is 0.129 e. The molecule has 1 aliphatic rings. The molecule has 5 nitrogen and oxygen atoms in total. The van der Waals surface area contributed by atoms with Crippen LogP contribution in [0.3, 0.4) is 0 Å². The Bertz CT molecular complexity index is 921. The van der Waals surface area contributed by atoms with Gasteiger partial charge in [-0.25, -0.2) is 0 Å². The fraction of sp³-hybridized carbons (Fsp3) is 0.364. The van der Waals surface area contributed by atoms with Crippen molar-refractivity contribution >= 4 is 51.0 Å². The van der Waals surface area contributed by atoms with E-state index in [0.717, 1.165) is 27.4 Å². The summed E-state index contributed by atoms with van der Waals surface area (Å²) in [5.74, 6) is 0.661. The Morgan fingerprint density at radius 2 is 1.59 bits per heavy atom. The van der Waals surface area contributed by atoms with Gasteiger partial charge in [-0.05, 0) is 52.3 Å². The summed E-state index contributed by atoms with van der Waals surface area (Å²) in [6, 6.07) is 7.61. The molecule has 7 heteroatoms. The summed E-state index contributed by atoms with van der Waals surface area (Å²) < 4.78 is 0. The molecule has 0 fully saturated rings. The highest BCUT2D eigenvalue weighted by Gasteiger charge is 2.28. The number of halogens is 1. The quantitative estimate of drug-likeness (QED) is 0.339. The third-order valence-electron chi connectivity index (χ3n) is 3.92. The average molecular weight is 432 g/mol. The van der Waals surface area contributed by atoms with Gasteiger partial charge < -0.3 is 5.41 Å². The summed E-state index contributed by atoms with van der Waals surface area (Å²) in [6.07, 6.45) is 0. The molecular weight excluding hydrogens is 402 g/mol. The molecule has 0 spiro atoms. The number of nitrogens with one attached hydrogen (secondary N) is 3. The van der Waals surface area contributed by atoms with E-state index in [1.807, 2.05) is 38.1 Å². The van der Waals surface area contributed by atoms with Crippen molar-refractivity contribution in [3.63, 3.8) is 0 Å². The van der Waals surface area contributed by atoms with Crippen molar-refractivity contribution in [3.05, 3.63) is 50.9 Å². The number of hydrogen-bond donors (Lipinski definition) is 3. The smallest absolute Gasteiger partial charge is 0.129 e. The predicted octanol–water partition coefficient (Wildman–Crippen LogP) is 6.72. The molecule has 3 N–H and O–H groups in total. The standard InChI is InChI=1S/C17H17ClN4S.C3H7N.C2H6/c1-9-10(2)23-17-15(9)16(12-4-6-13(18)7-5-12)21-8-14(20)22(17)11(3)19;1-3(2)4;1-2/h4-7,19-20H,8H2,1-3H3;4H,1-2H3;1-2H3. The number of aliphatic imine (C=N–C) groups is 1. The number of anilines is 1. The van der Waals surface area contributed by atoms with Gasteiger partial charge in [0.2, 0.25) is 0 Å². The van der Waals surface area contributed by atoms with Gasteiger partial charge in [-0.2, -0.15) is 0 Å². The molecule has 0 saturated carbocycles. The van der Waals surface area contributed by atoms with Crippen LogP contribution in [0, 0.1) is 30.1 Å². The van der Waals surface area contributed by atoms with E-state index in [0.29, 0.717) is 22.4 Å². The van der Waals surface area contributed by atoms with Gasteiger partial charge in [-0.3, -0.25) is 20.7 Å². The molecule has 0 radical (unpaired) electrons. The first-order valence-electron chi connectivity index (χ1n) is 9.48. The molecule has 1 aromatic heterocycles. The lowest BCUT2D eigenvalue weighted by Crippen LogP contribution is -2.35. The summed E-state index contributed by atoms with van der Waals surface area (Å²) in [7, 11) is 0. The fourth-order valence-corrected chi connectivity index (χ4v) is 4.03. The molecular formula is C22H30ClN5S. The number of amidine groups is 2. The van der Waals surface area contributed by atoms with Gasteiger partial charge >= 0.3 is 0 Å². The monoisotopic (exact) mass is 431 g/mol. The highest BCUT2D eigenvalue weighted by molar-refractivity contribution is 7.17. The molecule has 156 valence electrons. The molecule has 2 heterocycles. The van der Waals surface area contributed by atoms with Crippen LogP contribution in [0.15, 0.2) is 29.3 Å². The van der Waals surface area contributed by atoms with Crippen LogP contribution in [0.5, 0.6) is 0 Å². The number of hydrogen-bond acceptors (Lipinski definition) is 5. The lowest BCUT2D eigenvalue weighted by Gasteiger charge is -2.21. The zero-order valence-corrected chi connectivity index (χ0v) is 19.8. The largest absolute Gasteiger partial charge is 0.310 e. The van der Waals surface area contributed by atoms with Crippen molar-refractivity contribution < 1.29 is 0 Å². The van der Waals surface area contributed by atoms with E-state index in [1.165, 1.54) is 4.88 Å². The van der Waals surface area contributed by atoms with Crippen LogP contribution < -0.4 is 4.90 Å². The summed E-state index contributed by atoms with van der Waals surface area (Å²) in [5, 5.41) is 24.4. The first-order valence-corrected chi connectivity index (χ1v) is 10.7. The van der Waals surface area contributed by atoms with E-state index in [2.05, 4.69) is 18.8 Å².